The quantitative estimate of drug-likeness (QED) is 0.877. The normalized spacial score (nSPS) is 21.6. The van der Waals surface area contributed by atoms with Gasteiger partial charge in [-0.15, -0.1) is 11.3 Å². The number of likely N-dealkylation sites (N-methyl/N-ethyl adjacent to an activating group) is 1. The van der Waals surface area contributed by atoms with Gasteiger partial charge in [-0.3, -0.25) is 0 Å². The molecule has 0 aromatic carbocycles. The van der Waals surface area contributed by atoms with Crippen LogP contribution < -0.4 is 5.73 Å². The lowest BCUT2D eigenvalue weighted by Crippen LogP contribution is -2.50. The van der Waals surface area contributed by atoms with Gasteiger partial charge in [0.15, 0.2) is 0 Å². The smallest absolute Gasteiger partial charge is 0.0490 e. The zero-order valence-electron chi connectivity index (χ0n) is 10.5. The minimum atomic E-state index is 0.162. The molecule has 1 aromatic heterocycles. The van der Waals surface area contributed by atoms with Gasteiger partial charge in [0, 0.05) is 16.5 Å². The first kappa shape index (κ1) is 12.1. The second kappa shape index (κ2) is 4.47. The molecule has 0 amide bonds. The molecule has 1 unspecified atom stereocenters. The summed E-state index contributed by atoms with van der Waals surface area (Å²) in [5.74, 6) is 0. The van der Waals surface area contributed by atoms with Crippen LogP contribution in [0.4, 0.5) is 0 Å². The molecule has 2 N–H and O–H groups in total. The molecule has 2 rings (SSSR count). The SMILES string of the molecule is Cc1cc(C(N)C2(N(C)C)CCCC2)cs1. The monoisotopic (exact) mass is 238 g/mol. The lowest BCUT2D eigenvalue weighted by Gasteiger charge is -2.41. The van der Waals surface area contributed by atoms with Crippen LogP contribution in [0.3, 0.4) is 0 Å². The summed E-state index contributed by atoms with van der Waals surface area (Å²) in [5.41, 5.74) is 8.02. The van der Waals surface area contributed by atoms with Gasteiger partial charge >= 0.3 is 0 Å². The molecule has 1 saturated carbocycles. The molecular formula is C13H22N2S. The third kappa shape index (κ3) is 1.92. The van der Waals surface area contributed by atoms with Crippen molar-refractivity contribution < 1.29 is 0 Å². The molecule has 16 heavy (non-hydrogen) atoms. The molecule has 0 radical (unpaired) electrons. The van der Waals surface area contributed by atoms with Crippen LogP contribution in [0.5, 0.6) is 0 Å². The maximum absolute atomic E-state index is 6.51. The van der Waals surface area contributed by atoms with Gasteiger partial charge in [0.1, 0.15) is 0 Å². The first-order valence-electron chi connectivity index (χ1n) is 6.04. The van der Waals surface area contributed by atoms with Crippen LogP contribution >= 0.6 is 11.3 Å². The van der Waals surface area contributed by atoms with E-state index >= 15 is 0 Å². The molecule has 1 aliphatic rings. The Bertz CT molecular complexity index is 351. The van der Waals surface area contributed by atoms with Crippen LogP contribution in [-0.4, -0.2) is 24.5 Å². The lowest BCUT2D eigenvalue weighted by molar-refractivity contribution is 0.123. The third-order valence-electron chi connectivity index (χ3n) is 4.05. The molecule has 1 fully saturated rings. The minimum absolute atomic E-state index is 0.162. The summed E-state index contributed by atoms with van der Waals surface area (Å²) < 4.78 is 0. The fraction of sp³-hybridized carbons (Fsp3) is 0.692. The summed E-state index contributed by atoms with van der Waals surface area (Å²) in [7, 11) is 4.34. The molecule has 0 spiro atoms. The largest absolute Gasteiger partial charge is 0.322 e. The molecule has 3 heteroatoms. The summed E-state index contributed by atoms with van der Waals surface area (Å²) in [4.78, 5) is 3.70. The summed E-state index contributed by atoms with van der Waals surface area (Å²) in [6, 6.07) is 2.41. The number of hydrogen-bond donors (Lipinski definition) is 1. The van der Waals surface area contributed by atoms with Gasteiger partial charge in [0.05, 0.1) is 0 Å². The predicted molar refractivity (Wildman–Crippen MR) is 70.9 cm³/mol. The van der Waals surface area contributed by atoms with E-state index in [-0.39, 0.29) is 11.6 Å². The minimum Gasteiger partial charge on any atom is -0.322 e. The summed E-state index contributed by atoms with van der Waals surface area (Å²) in [6.07, 6.45) is 5.09. The Labute approximate surface area is 102 Å². The van der Waals surface area contributed by atoms with E-state index in [1.165, 1.54) is 36.1 Å². The maximum atomic E-state index is 6.51. The van der Waals surface area contributed by atoms with Crippen LogP contribution in [0, 0.1) is 6.92 Å². The van der Waals surface area contributed by atoms with E-state index in [0.717, 1.165) is 0 Å². The van der Waals surface area contributed by atoms with E-state index < -0.39 is 0 Å². The zero-order valence-corrected chi connectivity index (χ0v) is 11.3. The Balaban J connectivity index is 2.27. The molecule has 1 atom stereocenters. The van der Waals surface area contributed by atoms with E-state index in [0.29, 0.717) is 0 Å². The number of aryl methyl sites for hydroxylation is 1. The van der Waals surface area contributed by atoms with Crippen molar-refractivity contribution in [1.29, 1.82) is 0 Å². The zero-order chi connectivity index (χ0) is 11.8. The maximum Gasteiger partial charge on any atom is 0.0490 e. The van der Waals surface area contributed by atoms with Gasteiger partial charge in [0.2, 0.25) is 0 Å². The summed E-state index contributed by atoms with van der Waals surface area (Å²) >= 11 is 1.80. The fourth-order valence-corrected chi connectivity index (χ4v) is 3.70. The van der Waals surface area contributed by atoms with Crippen molar-refractivity contribution in [2.75, 3.05) is 14.1 Å². The first-order chi connectivity index (χ1) is 7.56. The van der Waals surface area contributed by atoms with Crippen molar-refractivity contribution in [3.05, 3.63) is 21.9 Å². The Morgan fingerprint density at radius 3 is 2.44 bits per heavy atom. The highest BCUT2D eigenvalue weighted by atomic mass is 32.1. The molecule has 0 bridgehead atoms. The molecule has 0 saturated heterocycles. The molecule has 0 aliphatic heterocycles. The van der Waals surface area contributed by atoms with Crippen molar-refractivity contribution in [2.24, 2.45) is 5.73 Å². The van der Waals surface area contributed by atoms with Gasteiger partial charge in [-0.1, -0.05) is 12.8 Å². The highest BCUT2D eigenvalue weighted by Crippen LogP contribution is 2.42. The van der Waals surface area contributed by atoms with Gasteiger partial charge < -0.3 is 10.6 Å². The second-order valence-corrected chi connectivity index (χ2v) is 6.29. The van der Waals surface area contributed by atoms with E-state index in [4.69, 9.17) is 5.73 Å². The van der Waals surface area contributed by atoms with E-state index in [1.54, 1.807) is 11.3 Å². The Hall–Kier alpha value is -0.380. The van der Waals surface area contributed by atoms with Crippen molar-refractivity contribution in [2.45, 2.75) is 44.2 Å². The average Bonchev–Trinajstić information content (AvgIpc) is 2.85. The topological polar surface area (TPSA) is 29.3 Å². The van der Waals surface area contributed by atoms with Gasteiger partial charge in [-0.05, 0) is 50.9 Å². The number of nitrogens with two attached hydrogens (primary N) is 1. The number of thiophene rings is 1. The number of hydrogen-bond acceptors (Lipinski definition) is 3. The highest BCUT2D eigenvalue weighted by molar-refractivity contribution is 7.10. The van der Waals surface area contributed by atoms with E-state index in [1.807, 2.05) is 0 Å². The van der Waals surface area contributed by atoms with Crippen LogP contribution in [0.25, 0.3) is 0 Å². The third-order valence-corrected chi connectivity index (χ3v) is 4.93. The van der Waals surface area contributed by atoms with Gasteiger partial charge in [-0.2, -0.15) is 0 Å². The van der Waals surface area contributed by atoms with E-state index in [2.05, 4.69) is 37.4 Å². The van der Waals surface area contributed by atoms with Gasteiger partial charge in [0.25, 0.3) is 0 Å². The summed E-state index contributed by atoms with van der Waals surface area (Å²) in [6.45, 7) is 2.15. The fourth-order valence-electron chi connectivity index (χ4n) is 2.96. The molecule has 2 nitrogen and oxygen atoms in total. The van der Waals surface area contributed by atoms with Crippen molar-refractivity contribution in [1.82, 2.24) is 4.90 Å². The molecular weight excluding hydrogens is 216 g/mol. The first-order valence-corrected chi connectivity index (χ1v) is 6.92. The van der Waals surface area contributed by atoms with Crippen molar-refractivity contribution in [3.63, 3.8) is 0 Å². The standard InChI is InChI=1S/C13H22N2S/c1-10-8-11(9-16-10)12(14)13(15(2)3)6-4-5-7-13/h8-9,12H,4-7,14H2,1-3H3. The average molecular weight is 238 g/mol. The molecule has 1 aromatic rings. The van der Waals surface area contributed by atoms with Crippen LogP contribution in [0.2, 0.25) is 0 Å². The van der Waals surface area contributed by atoms with Crippen LogP contribution in [0.15, 0.2) is 11.4 Å². The van der Waals surface area contributed by atoms with E-state index in [9.17, 15) is 0 Å². The molecule has 90 valence electrons. The Morgan fingerprint density at radius 1 is 1.38 bits per heavy atom. The van der Waals surface area contributed by atoms with Crippen molar-refractivity contribution in [3.8, 4) is 0 Å². The van der Waals surface area contributed by atoms with Crippen LogP contribution in [-0.2, 0) is 0 Å². The summed E-state index contributed by atoms with van der Waals surface area (Å²) in [5, 5.41) is 2.23. The molecule has 1 heterocycles. The Kier molecular flexibility index (Phi) is 3.38. The number of nitrogens with zero attached hydrogens (tertiary/aromatic N) is 1. The number of rotatable bonds is 3. The lowest BCUT2D eigenvalue weighted by atomic mass is 9.84. The van der Waals surface area contributed by atoms with Crippen molar-refractivity contribution >= 4 is 11.3 Å². The molecule has 1 aliphatic carbocycles. The second-order valence-electron chi connectivity index (χ2n) is 5.17. The van der Waals surface area contributed by atoms with Crippen LogP contribution in [0.1, 0.15) is 42.2 Å². The predicted octanol–water partition coefficient (Wildman–Crippen LogP) is 2.93. The van der Waals surface area contributed by atoms with Gasteiger partial charge in [-0.25, -0.2) is 0 Å². The highest BCUT2D eigenvalue weighted by Gasteiger charge is 2.42. The Morgan fingerprint density at radius 2 is 2.00 bits per heavy atom.